The molecule has 1 unspecified atom stereocenters. The number of nitriles is 1. The van der Waals surface area contributed by atoms with Gasteiger partial charge in [-0.15, -0.1) is 0 Å². The molecular weight excluding hydrogens is 240 g/mol. The van der Waals surface area contributed by atoms with Crippen molar-refractivity contribution in [2.45, 2.75) is 25.9 Å². The Morgan fingerprint density at radius 3 is 2.95 bits per heavy atom. The predicted molar refractivity (Wildman–Crippen MR) is 73.4 cm³/mol. The van der Waals surface area contributed by atoms with Crippen LogP contribution in [-0.2, 0) is 4.74 Å². The van der Waals surface area contributed by atoms with Crippen LogP contribution in [0.3, 0.4) is 0 Å². The number of Topliss-reactive ketones (excluding diaryl/α,β-unsaturated/α-hetero) is 1. The van der Waals surface area contributed by atoms with E-state index in [0.717, 1.165) is 31.6 Å². The Hall–Kier alpha value is -1.86. The number of anilines is 1. The van der Waals surface area contributed by atoms with Gasteiger partial charge in [0.1, 0.15) is 6.07 Å². The minimum absolute atomic E-state index is 0.0195. The van der Waals surface area contributed by atoms with E-state index in [9.17, 15) is 10.1 Å². The smallest absolute Gasteiger partial charge is 0.159 e. The maximum Gasteiger partial charge on any atom is 0.159 e. The lowest BCUT2D eigenvalue weighted by molar-refractivity contribution is 0.0893. The lowest BCUT2D eigenvalue weighted by atomic mass is 10.0. The van der Waals surface area contributed by atoms with Gasteiger partial charge in [-0.25, -0.2) is 0 Å². The van der Waals surface area contributed by atoms with Crippen LogP contribution in [-0.4, -0.2) is 32.1 Å². The van der Waals surface area contributed by atoms with Gasteiger partial charge >= 0.3 is 0 Å². The van der Waals surface area contributed by atoms with E-state index >= 15 is 0 Å². The van der Waals surface area contributed by atoms with Crippen LogP contribution in [0.25, 0.3) is 0 Å². The molecule has 0 radical (unpaired) electrons. The third-order valence-corrected chi connectivity index (χ3v) is 3.58. The van der Waals surface area contributed by atoms with Crippen molar-refractivity contribution < 1.29 is 9.53 Å². The number of methoxy groups -OCH3 is 1. The zero-order valence-corrected chi connectivity index (χ0v) is 11.3. The van der Waals surface area contributed by atoms with E-state index in [4.69, 9.17) is 4.74 Å². The maximum atomic E-state index is 11.5. The Kier molecular flexibility index (Phi) is 4.18. The number of ether oxygens (including phenoxy) is 1. The Bertz CT molecular complexity index is 519. The van der Waals surface area contributed by atoms with Gasteiger partial charge in [-0.1, -0.05) is 0 Å². The zero-order chi connectivity index (χ0) is 13.8. The number of carbonyl (C=O) groups excluding carboxylic acids is 1. The van der Waals surface area contributed by atoms with Crippen molar-refractivity contribution in [3.8, 4) is 6.07 Å². The van der Waals surface area contributed by atoms with Crippen LogP contribution in [0.15, 0.2) is 18.2 Å². The molecule has 4 heteroatoms. The summed E-state index contributed by atoms with van der Waals surface area (Å²) >= 11 is 0. The average Bonchev–Trinajstić information content (AvgIpc) is 2.46. The highest BCUT2D eigenvalue weighted by atomic mass is 16.5. The minimum atomic E-state index is 0.0195. The third kappa shape index (κ3) is 2.94. The Labute approximate surface area is 113 Å². The van der Waals surface area contributed by atoms with Gasteiger partial charge in [0.25, 0.3) is 0 Å². The Morgan fingerprint density at radius 1 is 1.53 bits per heavy atom. The largest absolute Gasteiger partial charge is 0.380 e. The summed E-state index contributed by atoms with van der Waals surface area (Å²) < 4.78 is 5.40. The molecule has 19 heavy (non-hydrogen) atoms. The van der Waals surface area contributed by atoms with E-state index in [1.165, 1.54) is 0 Å². The summed E-state index contributed by atoms with van der Waals surface area (Å²) in [5, 5.41) is 9.21. The monoisotopic (exact) mass is 258 g/mol. The number of benzene rings is 1. The number of hydrogen-bond acceptors (Lipinski definition) is 4. The van der Waals surface area contributed by atoms with Crippen LogP contribution in [0.5, 0.6) is 0 Å². The molecule has 0 aliphatic carbocycles. The molecule has 1 aromatic rings. The topological polar surface area (TPSA) is 53.3 Å². The summed E-state index contributed by atoms with van der Waals surface area (Å²) in [7, 11) is 1.71. The van der Waals surface area contributed by atoms with Crippen molar-refractivity contribution in [3.05, 3.63) is 29.3 Å². The van der Waals surface area contributed by atoms with Gasteiger partial charge in [0.05, 0.1) is 17.4 Å². The molecule has 1 aromatic carbocycles. The van der Waals surface area contributed by atoms with Gasteiger partial charge in [0.2, 0.25) is 0 Å². The van der Waals surface area contributed by atoms with Gasteiger partial charge in [0.15, 0.2) is 5.78 Å². The molecule has 1 atom stereocenters. The van der Waals surface area contributed by atoms with Crippen molar-refractivity contribution in [2.75, 3.05) is 25.1 Å². The van der Waals surface area contributed by atoms with Crippen molar-refractivity contribution in [2.24, 2.45) is 0 Å². The van der Waals surface area contributed by atoms with E-state index in [0.29, 0.717) is 11.1 Å². The summed E-state index contributed by atoms with van der Waals surface area (Å²) in [4.78, 5) is 13.6. The molecule has 0 amide bonds. The van der Waals surface area contributed by atoms with Crippen molar-refractivity contribution >= 4 is 11.5 Å². The summed E-state index contributed by atoms with van der Waals surface area (Å²) in [6, 6.07) is 7.45. The van der Waals surface area contributed by atoms with Crippen LogP contribution >= 0.6 is 0 Å². The highest BCUT2D eigenvalue weighted by molar-refractivity contribution is 5.95. The number of ketones is 1. The molecule has 0 spiro atoms. The molecule has 2 rings (SSSR count). The van der Waals surface area contributed by atoms with Gasteiger partial charge in [-0.05, 0) is 38.0 Å². The Morgan fingerprint density at radius 2 is 2.32 bits per heavy atom. The van der Waals surface area contributed by atoms with E-state index < -0.39 is 0 Å². The van der Waals surface area contributed by atoms with Crippen LogP contribution in [0, 0.1) is 11.3 Å². The number of carbonyl (C=O) groups is 1. The van der Waals surface area contributed by atoms with E-state index in [1.54, 1.807) is 26.2 Å². The highest BCUT2D eigenvalue weighted by Gasteiger charge is 2.22. The molecule has 0 bridgehead atoms. The quantitative estimate of drug-likeness (QED) is 0.781. The van der Waals surface area contributed by atoms with E-state index in [1.807, 2.05) is 6.07 Å². The third-order valence-electron chi connectivity index (χ3n) is 3.58. The highest BCUT2D eigenvalue weighted by Crippen LogP contribution is 2.26. The van der Waals surface area contributed by atoms with Gasteiger partial charge in [-0.3, -0.25) is 4.79 Å². The number of hydrogen-bond donors (Lipinski definition) is 0. The summed E-state index contributed by atoms with van der Waals surface area (Å²) in [5.41, 5.74) is 2.10. The minimum Gasteiger partial charge on any atom is -0.380 e. The van der Waals surface area contributed by atoms with Gasteiger partial charge in [-0.2, -0.15) is 5.26 Å². The lowest BCUT2D eigenvalue weighted by Crippen LogP contribution is -2.39. The van der Waals surface area contributed by atoms with Crippen LogP contribution in [0.4, 0.5) is 5.69 Å². The number of nitrogens with zero attached hydrogens (tertiary/aromatic N) is 2. The first-order chi connectivity index (χ1) is 9.15. The fourth-order valence-electron chi connectivity index (χ4n) is 2.46. The Balaban J connectivity index is 2.34. The van der Waals surface area contributed by atoms with Crippen LogP contribution in [0.2, 0.25) is 0 Å². The molecule has 1 saturated heterocycles. The summed E-state index contributed by atoms with van der Waals surface area (Å²) in [6.45, 7) is 3.21. The first-order valence-corrected chi connectivity index (χ1v) is 6.48. The second kappa shape index (κ2) is 5.85. The average molecular weight is 258 g/mol. The summed E-state index contributed by atoms with van der Waals surface area (Å²) in [6.07, 6.45) is 2.27. The first-order valence-electron chi connectivity index (χ1n) is 6.48. The molecular formula is C15H18N2O2. The van der Waals surface area contributed by atoms with Crippen LogP contribution in [0.1, 0.15) is 35.7 Å². The molecule has 1 aliphatic rings. The molecule has 0 N–H and O–H groups in total. The molecule has 1 fully saturated rings. The lowest BCUT2D eigenvalue weighted by Gasteiger charge is -2.34. The van der Waals surface area contributed by atoms with E-state index in [2.05, 4.69) is 11.0 Å². The van der Waals surface area contributed by atoms with Gasteiger partial charge < -0.3 is 9.64 Å². The first kappa shape index (κ1) is 13.6. The fraction of sp³-hybridized carbons (Fsp3) is 0.467. The predicted octanol–water partition coefficient (Wildman–Crippen LogP) is 2.38. The molecule has 0 aromatic heterocycles. The molecule has 0 saturated carbocycles. The maximum absolute atomic E-state index is 11.5. The molecule has 4 nitrogen and oxygen atoms in total. The number of rotatable bonds is 3. The van der Waals surface area contributed by atoms with E-state index in [-0.39, 0.29) is 11.9 Å². The standard InChI is InChI=1S/C15H18N2O2/c1-11(18)12-5-6-13(9-16)15(8-12)17-7-3-4-14(10-17)19-2/h5-6,8,14H,3-4,7,10H2,1-2H3. The van der Waals surface area contributed by atoms with Crippen molar-refractivity contribution in [1.29, 1.82) is 5.26 Å². The molecule has 100 valence electrons. The zero-order valence-electron chi connectivity index (χ0n) is 11.3. The second-order valence-electron chi connectivity index (χ2n) is 4.85. The SMILES string of the molecule is COC1CCCN(c2cc(C(C)=O)ccc2C#N)C1. The normalized spacial score (nSPS) is 19.0. The van der Waals surface area contributed by atoms with Gasteiger partial charge in [0, 0.05) is 25.8 Å². The van der Waals surface area contributed by atoms with Crippen molar-refractivity contribution in [1.82, 2.24) is 0 Å². The van der Waals surface area contributed by atoms with Crippen LogP contribution < -0.4 is 4.90 Å². The fourth-order valence-corrected chi connectivity index (χ4v) is 2.46. The van der Waals surface area contributed by atoms with Crippen molar-refractivity contribution in [3.63, 3.8) is 0 Å². The molecule has 1 heterocycles. The second-order valence-corrected chi connectivity index (χ2v) is 4.85. The molecule has 1 aliphatic heterocycles. The number of piperidine rings is 1. The summed E-state index contributed by atoms with van der Waals surface area (Å²) in [5.74, 6) is 0.0195.